The van der Waals surface area contributed by atoms with Crippen LogP contribution in [0.5, 0.6) is 5.75 Å². The molecule has 0 aliphatic heterocycles. The number of methoxy groups -OCH3 is 1. The molecule has 2 aromatic rings. The van der Waals surface area contributed by atoms with Crippen molar-refractivity contribution in [3.05, 3.63) is 58.3 Å². The summed E-state index contributed by atoms with van der Waals surface area (Å²) in [5.41, 5.74) is 2.24. The Labute approximate surface area is 122 Å². The molecule has 0 amide bonds. The number of likely N-dealkylation sites (N-methyl/N-ethyl adjacent to an activating group) is 1. The highest BCUT2D eigenvalue weighted by Crippen LogP contribution is 2.29. The maximum Gasteiger partial charge on any atom is 0.119 e. The molecule has 3 nitrogen and oxygen atoms in total. The molecule has 0 aliphatic carbocycles. The minimum atomic E-state index is 0.194. The molecule has 1 N–H and O–H groups in total. The van der Waals surface area contributed by atoms with Crippen molar-refractivity contribution in [3.8, 4) is 5.75 Å². The molecule has 0 saturated carbocycles. The van der Waals surface area contributed by atoms with Gasteiger partial charge in [-0.25, -0.2) is 0 Å². The molecule has 1 heterocycles. The van der Waals surface area contributed by atoms with Gasteiger partial charge in [-0.3, -0.25) is 4.98 Å². The van der Waals surface area contributed by atoms with E-state index >= 15 is 0 Å². The fraction of sp³-hybridized carbons (Fsp3) is 0.267. The first-order chi connectivity index (χ1) is 9.24. The zero-order valence-corrected chi connectivity index (χ0v) is 12.6. The maximum absolute atomic E-state index is 5.29. The largest absolute Gasteiger partial charge is 0.497 e. The Balaban J connectivity index is 2.26. The van der Waals surface area contributed by atoms with E-state index in [1.807, 2.05) is 49.6 Å². The second-order valence-corrected chi connectivity index (χ2v) is 5.11. The van der Waals surface area contributed by atoms with Crippen molar-refractivity contribution in [1.29, 1.82) is 0 Å². The van der Waals surface area contributed by atoms with Crippen LogP contribution in [0.1, 0.15) is 17.3 Å². The van der Waals surface area contributed by atoms with Gasteiger partial charge in [-0.2, -0.15) is 0 Å². The molecule has 2 rings (SSSR count). The summed E-state index contributed by atoms with van der Waals surface area (Å²) in [6.07, 6.45) is 2.66. The van der Waals surface area contributed by atoms with Gasteiger partial charge < -0.3 is 10.1 Å². The van der Waals surface area contributed by atoms with Crippen molar-refractivity contribution >= 4 is 15.9 Å². The van der Waals surface area contributed by atoms with Crippen LogP contribution >= 0.6 is 15.9 Å². The SMILES string of the molecule is CNC(Cc1ccccn1)c1cc(OC)ccc1Br. The molecule has 1 aromatic carbocycles. The lowest BCUT2D eigenvalue weighted by atomic mass is 10.0. The fourth-order valence-electron chi connectivity index (χ4n) is 2.01. The van der Waals surface area contributed by atoms with Crippen molar-refractivity contribution in [3.63, 3.8) is 0 Å². The van der Waals surface area contributed by atoms with Crippen LogP contribution < -0.4 is 10.1 Å². The summed E-state index contributed by atoms with van der Waals surface area (Å²) >= 11 is 3.60. The Bertz CT molecular complexity index is 531. The predicted molar refractivity (Wildman–Crippen MR) is 80.4 cm³/mol. The topological polar surface area (TPSA) is 34.2 Å². The minimum Gasteiger partial charge on any atom is -0.497 e. The standard InChI is InChI=1S/C15H17BrN2O/c1-17-15(9-11-5-3-4-8-18-11)13-10-12(19-2)6-7-14(13)16/h3-8,10,15,17H,9H2,1-2H3. The summed E-state index contributed by atoms with van der Waals surface area (Å²) in [5.74, 6) is 0.861. The summed E-state index contributed by atoms with van der Waals surface area (Å²) in [4.78, 5) is 4.38. The molecular weight excluding hydrogens is 304 g/mol. The predicted octanol–water partition coefficient (Wildman–Crippen LogP) is 3.36. The first kappa shape index (κ1) is 14.0. The van der Waals surface area contributed by atoms with Gasteiger partial charge in [-0.1, -0.05) is 22.0 Å². The van der Waals surface area contributed by atoms with Gasteiger partial charge in [0.2, 0.25) is 0 Å². The molecule has 100 valence electrons. The Morgan fingerprint density at radius 1 is 1.32 bits per heavy atom. The third-order valence-electron chi connectivity index (χ3n) is 3.07. The third-order valence-corrected chi connectivity index (χ3v) is 3.79. The number of nitrogens with one attached hydrogen (secondary N) is 1. The average Bonchev–Trinajstić information content (AvgIpc) is 2.47. The van der Waals surface area contributed by atoms with Crippen LogP contribution in [0.4, 0.5) is 0 Å². The van der Waals surface area contributed by atoms with Gasteiger partial charge in [0.05, 0.1) is 7.11 Å². The van der Waals surface area contributed by atoms with Crippen LogP contribution in [0, 0.1) is 0 Å². The van der Waals surface area contributed by atoms with E-state index in [0.29, 0.717) is 0 Å². The van der Waals surface area contributed by atoms with E-state index in [1.165, 1.54) is 5.56 Å². The number of rotatable bonds is 5. The van der Waals surface area contributed by atoms with Crippen LogP contribution in [0.25, 0.3) is 0 Å². The molecular formula is C15H17BrN2O. The summed E-state index contributed by atoms with van der Waals surface area (Å²) in [5, 5.41) is 3.33. The van der Waals surface area contributed by atoms with E-state index in [-0.39, 0.29) is 6.04 Å². The van der Waals surface area contributed by atoms with Crippen LogP contribution in [0.2, 0.25) is 0 Å². The number of benzene rings is 1. The fourth-order valence-corrected chi connectivity index (χ4v) is 2.53. The Morgan fingerprint density at radius 3 is 2.79 bits per heavy atom. The number of pyridine rings is 1. The van der Waals surface area contributed by atoms with Crippen molar-refractivity contribution < 1.29 is 4.74 Å². The van der Waals surface area contributed by atoms with E-state index < -0.39 is 0 Å². The minimum absolute atomic E-state index is 0.194. The van der Waals surface area contributed by atoms with Crippen LogP contribution in [0.15, 0.2) is 47.1 Å². The van der Waals surface area contributed by atoms with E-state index in [2.05, 4.69) is 26.2 Å². The van der Waals surface area contributed by atoms with Gasteiger partial charge in [0.1, 0.15) is 5.75 Å². The van der Waals surface area contributed by atoms with Crippen LogP contribution in [0.3, 0.4) is 0 Å². The molecule has 0 spiro atoms. The number of hydrogen-bond donors (Lipinski definition) is 1. The van der Waals surface area contributed by atoms with Crippen molar-refractivity contribution in [2.24, 2.45) is 0 Å². The lowest BCUT2D eigenvalue weighted by Crippen LogP contribution is -2.19. The summed E-state index contributed by atoms with van der Waals surface area (Å²) in [6, 6.07) is 12.2. The molecule has 0 fully saturated rings. The van der Waals surface area contributed by atoms with Gasteiger partial charge in [-0.05, 0) is 42.9 Å². The molecule has 19 heavy (non-hydrogen) atoms. The summed E-state index contributed by atoms with van der Waals surface area (Å²) in [7, 11) is 3.64. The number of halogens is 1. The molecule has 1 unspecified atom stereocenters. The second-order valence-electron chi connectivity index (χ2n) is 4.25. The lowest BCUT2D eigenvalue weighted by molar-refractivity contribution is 0.413. The van der Waals surface area contributed by atoms with Gasteiger partial charge in [0.25, 0.3) is 0 Å². The maximum atomic E-state index is 5.29. The first-order valence-corrected chi connectivity index (χ1v) is 6.94. The number of nitrogens with zero attached hydrogens (tertiary/aromatic N) is 1. The van der Waals surface area contributed by atoms with E-state index in [4.69, 9.17) is 4.74 Å². The summed E-state index contributed by atoms with van der Waals surface area (Å²) < 4.78 is 6.36. The highest BCUT2D eigenvalue weighted by atomic mass is 79.9. The molecule has 0 radical (unpaired) electrons. The molecule has 0 aliphatic rings. The normalized spacial score (nSPS) is 12.2. The molecule has 4 heteroatoms. The number of ether oxygens (including phenoxy) is 1. The quantitative estimate of drug-likeness (QED) is 0.917. The zero-order chi connectivity index (χ0) is 13.7. The smallest absolute Gasteiger partial charge is 0.119 e. The molecule has 0 bridgehead atoms. The van der Waals surface area contributed by atoms with E-state index in [0.717, 1.165) is 22.3 Å². The van der Waals surface area contributed by atoms with Gasteiger partial charge in [0.15, 0.2) is 0 Å². The number of aromatic nitrogens is 1. The Morgan fingerprint density at radius 2 is 2.16 bits per heavy atom. The Kier molecular flexibility index (Phi) is 4.93. The van der Waals surface area contributed by atoms with Crippen molar-refractivity contribution in [2.75, 3.05) is 14.2 Å². The number of hydrogen-bond acceptors (Lipinski definition) is 3. The monoisotopic (exact) mass is 320 g/mol. The lowest BCUT2D eigenvalue weighted by Gasteiger charge is -2.18. The Hall–Kier alpha value is -1.39. The highest BCUT2D eigenvalue weighted by Gasteiger charge is 2.14. The summed E-state index contributed by atoms with van der Waals surface area (Å²) in [6.45, 7) is 0. The van der Waals surface area contributed by atoms with E-state index in [1.54, 1.807) is 7.11 Å². The van der Waals surface area contributed by atoms with Crippen molar-refractivity contribution in [2.45, 2.75) is 12.5 Å². The van der Waals surface area contributed by atoms with Gasteiger partial charge in [-0.15, -0.1) is 0 Å². The average molecular weight is 321 g/mol. The molecule has 1 aromatic heterocycles. The highest BCUT2D eigenvalue weighted by molar-refractivity contribution is 9.10. The van der Waals surface area contributed by atoms with Crippen LogP contribution in [-0.4, -0.2) is 19.1 Å². The first-order valence-electron chi connectivity index (χ1n) is 6.15. The zero-order valence-electron chi connectivity index (χ0n) is 11.1. The van der Waals surface area contributed by atoms with E-state index in [9.17, 15) is 0 Å². The van der Waals surface area contributed by atoms with Gasteiger partial charge >= 0.3 is 0 Å². The molecule has 0 saturated heterocycles. The van der Waals surface area contributed by atoms with Crippen molar-refractivity contribution in [1.82, 2.24) is 10.3 Å². The third kappa shape index (κ3) is 3.55. The van der Waals surface area contributed by atoms with Gasteiger partial charge in [0, 0.05) is 28.8 Å². The second kappa shape index (κ2) is 6.68. The van der Waals surface area contributed by atoms with Crippen LogP contribution in [-0.2, 0) is 6.42 Å². The molecule has 1 atom stereocenters.